The third-order valence-electron chi connectivity index (χ3n) is 6.07. The van der Waals surface area contributed by atoms with Crippen molar-refractivity contribution >= 4 is 11.9 Å². The van der Waals surface area contributed by atoms with Crippen molar-refractivity contribution in [2.75, 3.05) is 35.0 Å². The fraction of sp³-hybridized carbons (Fsp3) is 0.321. The molecule has 39 heavy (non-hydrogen) atoms. The zero-order chi connectivity index (χ0) is 28.5. The van der Waals surface area contributed by atoms with Crippen molar-refractivity contribution < 1.29 is 38.4 Å². The first-order valence-corrected chi connectivity index (χ1v) is 12.1. The highest BCUT2D eigenvalue weighted by atomic mass is 16.5. The van der Waals surface area contributed by atoms with Crippen LogP contribution in [0, 0.1) is 0 Å². The first kappa shape index (κ1) is 28.9. The van der Waals surface area contributed by atoms with Crippen LogP contribution >= 0.6 is 0 Å². The molecule has 0 saturated carbocycles. The molecule has 2 aromatic carbocycles. The first-order chi connectivity index (χ1) is 18.8. The summed E-state index contributed by atoms with van der Waals surface area (Å²) in [7, 11) is 5.88. The predicted octanol–water partition coefficient (Wildman–Crippen LogP) is 3.13. The quantitative estimate of drug-likeness (QED) is 0.295. The van der Waals surface area contributed by atoms with Crippen molar-refractivity contribution in [3.63, 3.8) is 0 Å². The molecule has 0 aliphatic carbocycles. The average Bonchev–Trinajstić information content (AvgIpc) is 2.95. The normalized spacial score (nSPS) is 11.3. The van der Waals surface area contributed by atoms with Crippen molar-refractivity contribution in [3.05, 3.63) is 75.2 Å². The average molecular weight is 541 g/mol. The number of pyridine rings is 1. The molecule has 3 rings (SSSR count). The largest absolute Gasteiger partial charge is 0.506 e. The molecule has 3 N–H and O–H groups in total. The molecule has 0 radical (unpaired) electrons. The van der Waals surface area contributed by atoms with Gasteiger partial charge < -0.3 is 39.1 Å². The number of aromatic nitrogens is 1. The van der Waals surface area contributed by atoms with Crippen LogP contribution in [0.4, 0.5) is 0 Å². The number of carbonyl (C=O) groups is 2. The fourth-order valence-corrected chi connectivity index (χ4v) is 4.11. The van der Waals surface area contributed by atoms with Gasteiger partial charge in [-0.05, 0) is 42.3 Å². The van der Waals surface area contributed by atoms with Crippen LogP contribution in [0.15, 0.2) is 47.4 Å². The van der Waals surface area contributed by atoms with Gasteiger partial charge in [0.15, 0.2) is 11.5 Å². The fourth-order valence-electron chi connectivity index (χ4n) is 4.11. The van der Waals surface area contributed by atoms with E-state index in [1.54, 1.807) is 38.3 Å². The highest BCUT2D eigenvalue weighted by Gasteiger charge is 2.30. The number of benzene rings is 2. The van der Waals surface area contributed by atoms with Crippen LogP contribution in [0.2, 0.25) is 0 Å². The number of hydrogen-bond donors (Lipinski definition) is 3. The Morgan fingerprint density at radius 1 is 0.974 bits per heavy atom. The van der Waals surface area contributed by atoms with E-state index in [0.29, 0.717) is 17.1 Å². The molecule has 1 aromatic heterocycles. The number of hydrogen-bond acceptors (Lipinski definition) is 9. The topological polar surface area (TPSA) is 145 Å². The monoisotopic (exact) mass is 540 g/mol. The summed E-state index contributed by atoms with van der Waals surface area (Å²) in [4.78, 5) is 41.1. The number of ether oxygens (including phenoxy) is 5. The minimum absolute atomic E-state index is 0.0663. The third kappa shape index (κ3) is 6.61. The summed E-state index contributed by atoms with van der Waals surface area (Å²) in [5.41, 5.74) is 0.142. The molecule has 1 atom stereocenters. The lowest BCUT2D eigenvalue weighted by Gasteiger charge is -2.22. The van der Waals surface area contributed by atoms with Crippen LogP contribution < -0.4 is 29.8 Å². The van der Waals surface area contributed by atoms with Gasteiger partial charge in [-0.2, -0.15) is 0 Å². The van der Waals surface area contributed by atoms with Gasteiger partial charge in [0.05, 0.1) is 40.6 Å². The van der Waals surface area contributed by atoms with E-state index in [1.165, 1.54) is 21.3 Å². The summed E-state index contributed by atoms with van der Waals surface area (Å²) in [6.45, 7) is 1.90. The van der Waals surface area contributed by atoms with E-state index < -0.39 is 29.1 Å². The zero-order valence-electron chi connectivity index (χ0n) is 22.5. The Morgan fingerprint density at radius 2 is 1.62 bits per heavy atom. The first-order valence-electron chi connectivity index (χ1n) is 12.1. The van der Waals surface area contributed by atoms with E-state index in [9.17, 15) is 19.5 Å². The van der Waals surface area contributed by atoms with Gasteiger partial charge in [-0.25, -0.2) is 4.79 Å². The predicted molar refractivity (Wildman–Crippen MR) is 142 cm³/mol. The number of esters is 1. The van der Waals surface area contributed by atoms with E-state index in [-0.39, 0.29) is 42.2 Å². The second kappa shape index (κ2) is 13.2. The zero-order valence-corrected chi connectivity index (χ0v) is 22.5. The molecular weight excluding hydrogens is 508 g/mol. The van der Waals surface area contributed by atoms with Gasteiger partial charge in [0, 0.05) is 25.1 Å². The molecule has 0 spiro atoms. The van der Waals surface area contributed by atoms with Crippen molar-refractivity contribution in [1.29, 1.82) is 0 Å². The number of amides is 1. The molecule has 11 nitrogen and oxygen atoms in total. The SMILES string of the molecule is CCOC(=O)c1c[nH]c(=O)c([C@H](CC(=O)NCc2ccc(OC)cc2)c2cc(OC)c(OC)c(OC)c2)c1O. The molecule has 208 valence electrons. The maximum absolute atomic E-state index is 13.2. The van der Waals surface area contributed by atoms with Gasteiger partial charge in [0.1, 0.15) is 17.1 Å². The number of aromatic amines is 1. The smallest absolute Gasteiger partial charge is 0.343 e. The summed E-state index contributed by atoms with van der Waals surface area (Å²) in [5.74, 6) is -1.26. The van der Waals surface area contributed by atoms with Crippen molar-refractivity contribution in [2.24, 2.45) is 0 Å². The lowest BCUT2D eigenvalue weighted by molar-refractivity contribution is -0.121. The highest BCUT2D eigenvalue weighted by molar-refractivity contribution is 5.92. The molecule has 11 heteroatoms. The number of nitrogens with one attached hydrogen (secondary N) is 2. The highest BCUT2D eigenvalue weighted by Crippen LogP contribution is 2.43. The Hall–Kier alpha value is -4.67. The summed E-state index contributed by atoms with van der Waals surface area (Å²) >= 11 is 0. The van der Waals surface area contributed by atoms with Crippen molar-refractivity contribution in [2.45, 2.75) is 25.8 Å². The molecule has 1 heterocycles. The number of aromatic hydroxyl groups is 1. The molecule has 1 amide bonds. The maximum atomic E-state index is 13.2. The molecule has 0 unspecified atom stereocenters. The molecule has 0 fully saturated rings. The van der Waals surface area contributed by atoms with Crippen LogP contribution in [0.25, 0.3) is 0 Å². The molecule has 3 aromatic rings. The second-order valence-electron chi connectivity index (χ2n) is 8.35. The van der Waals surface area contributed by atoms with Crippen LogP contribution in [0.1, 0.15) is 46.3 Å². The molecule has 0 saturated heterocycles. The Labute approximate surface area is 225 Å². The number of carbonyl (C=O) groups excluding carboxylic acids is 2. The van der Waals surface area contributed by atoms with Crippen molar-refractivity contribution in [3.8, 4) is 28.7 Å². The Bertz CT molecular complexity index is 1340. The Morgan fingerprint density at radius 3 is 2.15 bits per heavy atom. The summed E-state index contributed by atoms with van der Waals surface area (Å²) in [6.07, 6.45) is 0.826. The van der Waals surface area contributed by atoms with E-state index >= 15 is 0 Å². The van der Waals surface area contributed by atoms with Crippen LogP contribution in [0.3, 0.4) is 0 Å². The Balaban J connectivity index is 2.07. The molecule has 0 aliphatic rings. The number of rotatable bonds is 12. The summed E-state index contributed by atoms with van der Waals surface area (Å²) in [6, 6.07) is 10.3. The summed E-state index contributed by atoms with van der Waals surface area (Å²) in [5, 5.41) is 13.9. The van der Waals surface area contributed by atoms with Crippen LogP contribution in [-0.4, -0.2) is 57.0 Å². The van der Waals surface area contributed by atoms with Crippen molar-refractivity contribution in [1.82, 2.24) is 10.3 Å². The third-order valence-corrected chi connectivity index (χ3v) is 6.07. The number of H-pyrrole nitrogens is 1. The van der Waals surface area contributed by atoms with Crippen LogP contribution in [-0.2, 0) is 16.1 Å². The van der Waals surface area contributed by atoms with Gasteiger partial charge >= 0.3 is 5.97 Å². The van der Waals surface area contributed by atoms with Gasteiger partial charge in [0.2, 0.25) is 11.7 Å². The van der Waals surface area contributed by atoms with Gasteiger partial charge in [-0.15, -0.1) is 0 Å². The number of methoxy groups -OCH3 is 4. The lowest BCUT2D eigenvalue weighted by atomic mass is 9.87. The standard InChI is InChI=1S/C28H32N2O9/c1-6-39-28(34)20-15-30-27(33)24(25(20)32)19(17-11-21(36-3)26(38-5)22(12-17)37-4)13-23(31)29-14-16-7-9-18(35-2)10-8-16/h7-12,15,19H,6,13-14H2,1-5H3,(H,29,31)(H2,30,32,33)/t19-/m1/s1. The van der Waals surface area contributed by atoms with E-state index in [2.05, 4.69) is 10.3 Å². The van der Waals surface area contributed by atoms with E-state index in [1.807, 2.05) is 12.1 Å². The van der Waals surface area contributed by atoms with E-state index in [4.69, 9.17) is 23.7 Å². The summed E-state index contributed by atoms with van der Waals surface area (Å²) < 4.78 is 26.5. The van der Waals surface area contributed by atoms with Gasteiger partial charge in [-0.1, -0.05) is 12.1 Å². The Kier molecular flexibility index (Phi) is 9.80. The lowest BCUT2D eigenvalue weighted by Crippen LogP contribution is -2.28. The van der Waals surface area contributed by atoms with Gasteiger partial charge in [0.25, 0.3) is 5.56 Å². The minimum atomic E-state index is -1.01. The van der Waals surface area contributed by atoms with E-state index in [0.717, 1.165) is 11.8 Å². The molecule has 0 bridgehead atoms. The second-order valence-corrected chi connectivity index (χ2v) is 8.35. The maximum Gasteiger partial charge on any atom is 0.343 e. The molecular formula is C28H32N2O9. The van der Waals surface area contributed by atoms with Gasteiger partial charge in [-0.3, -0.25) is 9.59 Å². The molecule has 0 aliphatic heterocycles. The van der Waals surface area contributed by atoms with Crippen LogP contribution in [0.5, 0.6) is 28.7 Å². The minimum Gasteiger partial charge on any atom is -0.506 e.